The van der Waals surface area contributed by atoms with Crippen LogP contribution in [0.25, 0.3) is 0 Å². The van der Waals surface area contributed by atoms with Crippen molar-refractivity contribution in [3.63, 3.8) is 0 Å². The van der Waals surface area contributed by atoms with Gasteiger partial charge in [0.15, 0.2) is 0 Å². The standard InChI is InChI=1S/C16H20N2Te/c1-17(2)13-8-10-15(11-9-13)19-16-7-5-6-14(12-16)18(3)4/h5-12H,1-4H3. The van der Waals surface area contributed by atoms with Gasteiger partial charge in [0.2, 0.25) is 0 Å². The Labute approximate surface area is 126 Å². The van der Waals surface area contributed by atoms with E-state index < -0.39 is 0 Å². The molecule has 0 aromatic heterocycles. The van der Waals surface area contributed by atoms with Crippen molar-refractivity contribution in [2.75, 3.05) is 38.0 Å². The van der Waals surface area contributed by atoms with Gasteiger partial charge in [-0.25, -0.2) is 0 Å². The molecule has 0 unspecified atom stereocenters. The second-order valence-corrected chi connectivity index (χ2v) is 8.16. The Bertz CT molecular complexity index is 533. The number of rotatable bonds is 4. The fourth-order valence-electron chi connectivity index (χ4n) is 1.77. The molecule has 0 aliphatic heterocycles. The van der Waals surface area contributed by atoms with Crippen LogP contribution < -0.4 is 17.0 Å². The summed E-state index contributed by atoms with van der Waals surface area (Å²) >= 11 is -0.287. The van der Waals surface area contributed by atoms with Crippen molar-refractivity contribution in [2.24, 2.45) is 0 Å². The van der Waals surface area contributed by atoms with Crippen LogP contribution in [-0.2, 0) is 0 Å². The zero-order chi connectivity index (χ0) is 13.8. The van der Waals surface area contributed by atoms with E-state index in [9.17, 15) is 0 Å². The van der Waals surface area contributed by atoms with Crippen LogP contribution in [0.15, 0.2) is 48.5 Å². The summed E-state index contributed by atoms with van der Waals surface area (Å²) in [4.78, 5) is 4.29. The fourth-order valence-corrected chi connectivity index (χ4v) is 4.26. The minimum absolute atomic E-state index is 0.287. The van der Waals surface area contributed by atoms with Crippen LogP contribution in [0.3, 0.4) is 0 Å². The molecule has 100 valence electrons. The summed E-state index contributed by atoms with van der Waals surface area (Å²) < 4.78 is 2.96. The van der Waals surface area contributed by atoms with Crippen molar-refractivity contribution in [1.29, 1.82) is 0 Å². The van der Waals surface area contributed by atoms with Crippen molar-refractivity contribution in [2.45, 2.75) is 0 Å². The van der Waals surface area contributed by atoms with E-state index in [0.717, 1.165) is 0 Å². The fraction of sp³-hybridized carbons (Fsp3) is 0.250. The first kappa shape index (κ1) is 14.2. The Morgan fingerprint density at radius 3 is 1.89 bits per heavy atom. The third-order valence-electron chi connectivity index (χ3n) is 2.92. The number of benzene rings is 2. The molecule has 2 aromatic rings. The van der Waals surface area contributed by atoms with Crippen molar-refractivity contribution < 1.29 is 0 Å². The molecule has 2 aromatic carbocycles. The Balaban J connectivity index is 2.14. The summed E-state index contributed by atoms with van der Waals surface area (Å²) in [6.45, 7) is 0. The maximum absolute atomic E-state index is 2.31. The summed E-state index contributed by atoms with van der Waals surface area (Å²) in [5.74, 6) is 0. The van der Waals surface area contributed by atoms with E-state index in [4.69, 9.17) is 0 Å². The molecule has 2 nitrogen and oxygen atoms in total. The monoisotopic (exact) mass is 370 g/mol. The second kappa shape index (κ2) is 6.32. The summed E-state index contributed by atoms with van der Waals surface area (Å²) in [7, 11) is 8.33. The van der Waals surface area contributed by atoms with Gasteiger partial charge in [0.1, 0.15) is 0 Å². The van der Waals surface area contributed by atoms with Gasteiger partial charge in [-0.2, -0.15) is 0 Å². The average molecular weight is 368 g/mol. The van der Waals surface area contributed by atoms with Crippen molar-refractivity contribution in [3.8, 4) is 0 Å². The first-order chi connectivity index (χ1) is 9.06. The maximum atomic E-state index is 2.31. The molecule has 0 atom stereocenters. The molecule has 0 saturated carbocycles. The SMILES string of the molecule is CN(C)c1ccc([Te]c2cccc(N(C)C)c2)cc1. The van der Waals surface area contributed by atoms with Crippen LogP contribution in [0.2, 0.25) is 0 Å². The average Bonchev–Trinajstić information content (AvgIpc) is 2.39. The van der Waals surface area contributed by atoms with Gasteiger partial charge in [-0.1, -0.05) is 0 Å². The van der Waals surface area contributed by atoms with Gasteiger partial charge < -0.3 is 0 Å². The Morgan fingerprint density at radius 1 is 0.684 bits per heavy atom. The van der Waals surface area contributed by atoms with Crippen molar-refractivity contribution >= 4 is 39.5 Å². The topological polar surface area (TPSA) is 6.48 Å². The van der Waals surface area contributed by atoms with E-state index in [2.05, 4.69) is 86.5 Å². The summed E-state index contributed by atoms with van der Waals surface area (Å²) in [5, 5.41) is 0. The zero-order valence-corrected chi connectivity index (χ0v) is 14.3. The van der Waals surface area contributed by atoms with E-state index in [1.807, 2.05) is 0 Å². The Morgan fingerprint density at radius 2 is 1.32 bits per heavy atom. The molecular weight excluding hydrogens is 348 g/mol. The van der Waals surface area contributed by atoms with Crippen molar-refractivity contribution in [1.82, 2.24) is 0 Å². The second-order valence-electron chi connectivity index (χ2n) is 4.88. The Kier molecular flexibility index (Phi) is 4.74. The molecule has 0 N–H and O–H groups in total. The van der Waals surface area contributed by atoms with E-state index in [1.54, 1.807) is 0 Å². The van der Waals surface area contributed by atoms with Gasteiger partial charge in [0.05, 0.1) is 0 Å². The molecule has 0 aliphatic rings. The van der Waals surface area contributed by atoms with E-state index in [-0.39, 0.29) is 20.9 Å². The van der Waals surface area contributed by atoms with E-state index in [0.29, 0.717) is 0 Å². The van der Waals surface area contributed by atoms with E-state index in [1.165, 1.54) is 18.6 Å². The molecule has 2 rings (SSSR count). The van der Waals surface area contributed by atoms with Crippen molar-refractivity contribution in [3.05, 3.63) is 48.5 Å². The molecule has 19 heavy (non-hydrogen) atoms. The van der Waals surface area contributed by atoms with Crippen LogP contribution in [0, 0.1) is 0 Å². The van der Waals surface area contributed by atoms with Gasteiger partial charge >= 0.3 is 126 Å². The summed E-state index contributed by atoms with van der Waals surface area (Å²) in [6.07, 6.45) is 0. The van der Waals surface area contributed by atoms with Crippen LogP contribution in [0.4, 0.5) is 11.4 Å². The van der Waals surface area contributed by atoms with Gasteiger partial charge in [0.25, 0.3) is 0 Å². The third kappa shape index (κ3) is 3.89. The molecule has 0 spiro atoms. The van der Waals surface area contributed by atoms with Gasteiger partial charge in [-0.05, 0) is 0 Å². The molecule has 0 aliphatic carbocycles. The number of hydrogen-bond acceptors (Lipinski definition) is 2. The first-order valence-corrected chi connectivity index (χ1v) is 8.62. The minimum atomic E-state index is -0.287. The summed E-state index contributed by atoms with van der Waals surface area (Å²) in [5.41, 5.74) is 2.55. The quantitative estimate of drug-likeness (QED) is 0.755. The molecule has 0 bridgehead atoms. The van der Waals surface area contributed by atoms with Crippen LogP contribution in [0.1, 0.15) is 0 Å². The molecule has 0 saturated heterocycles. The zero-order valence-electron chi connectivity index (χ0n) is 11.9. The number of anilines is 2. The third-order valence-corrected chi connectivity index (χ3v) is 5.77. The molecule has 3 heteroatoms. The van der Waals surface area contributed by atoms with Crippen LogP contribution >= 0.6 is 0 Å². The Hall–Kier alpha value is -1.17. The van der Waals surface area contributed by atoms with Crippen LogP contribution in [0.5, 0.6) is 0 Å². The normalized spacial score (nSPS) is 10.3. The predicted octanol–water partition coefficient (Wildman–Crippen LogP) is 1.47. The van der Waals surface area contributed by atoms with Gasteiger partial charge in [-0.3, -0.25) is 0 Å². The predicted molar refractivity (Wildman–Crippen MR) is 86.6 cm³/mol. The van der Waals surface area contributed by atoms with E-state index >= 15 is 0 Å². The first-order valence-electron chi connectivity index (χ1n) is 6.29. The molecule has 0 amide bonds. The number of hydrogen-bond donors (Lipinski definition) is 0. The molecule has 0 heterocycles. The molecule has 0 fully saturated rings. The van der Waals surface area contributed by atoms with Crippen LogP contribution in [-0.4, -0.2) is 49.1 Å². The molecular formula is C16H20N2Te. The van der Waals surface area contributed by atoms with Gasteiger partial charge in [-0.15, -0.1) is 0 Å². The molecule has 0 radical (unpaired) electrons. The van der Waals surface area contributed by atoms with Gasteiger partial charge in [0, 0.05) is 0 Å². The summed E-state index contributed by atoms with van der Waals surface area (Å²) in [6, 6.07) is 17.8. The number of nitrogens with zero attached hydrogens (tertiary/aromatic N) is 2.